The topological polar surface area (TPSA) is 46.3 Å². The molecular formula is C16H17ClN2O2. The quantitative estimate of drug-likeness (QED) is 0.864. The van der Waals surface area contributed by atoms with Crippen molar-refractivity contribution in [3.8, 4) is 0 Å². The summed E-state index contributed by atoms with van der Waals surface area (Å²) in [4.78, 5) is 17.9. The van der Waals surface area contributed by atoms with Crippen LogP contribution in [0.15, 0.2) is 35.0 Å². The molecule has 3 rings (SSSR count). The number of rotatable bonds is 4. The van der Waals surface area contributed by atoms with Crippen LogP contribution in [0.4, 0.5) is 0 Å². The first kappa shape index (κ1) is 14.1. The van der Waals surface area contributed by atoms with Crippen molar-refractivity contribution in [1.29, 1.82) is 0 Å². The molecule has 2 heterocycles. The lowest BCUT2D eigenvalue weighted by atomic mass is 10.2. The van der Waals surface area contributed by atoms with Crippen molar-refractivity contribution in [2.75, 3.05) is 7.05 Å². The van der Waals surface area contributed by atoms with Crippen LogP contribution >= 0.6 is 11.6 Å². The highest BCUT2D eigenvalue weighted by Gasteiger charge is 2.36. The molecule has 0 saturated heterocycles. The number of hydrogen-bond donors (Lipinski definition) is 0. The van der Waals surface area contributed by atoms with Crippen molar-refractivity contribution in [1.82, 2.24) is 9.88 Å². The van der Waals surface area contributed by atoms with E-state index in [9.17, 15) is 4.79 Å². The number of carbonyl (C=O) groups excluding carboxylic acids is 1. The van der Waals surface area contributed by atoms with Crippen LogP contribution in [0, 0.1) is 5.92 Å². The summed E-state index contributed by atoms with van der Waals surface area (Å²) in [5, 5.41) is 0.411. The lowest BCUT2D eigenvalue weighted by Gasteiger charge is -2.16. The molecule has 1 amide bonds. The number of pyridine rings is 1. The number of furan rings is 1. The highest BCUT2D eigenvalue weighted by Crippen LogP contribution is 2.47. The Bertz CT molecular complexity index is 668. The minimum absolute atomic E-state index is 0.161. The van der Waals surface area contributed by atoms with Crippen LogP contribution < -0.4 is 0 Å². The van der Waals surface area contributed by atoms with Gasteiger partial charge in [0.1, 0.15) is 11.5 Å². The zero-order valence-corrected chi connectivity index (χ0v) is 12.8. The van der Waals surface area contributed by atoms with Crippen LogP contribution in [0.5, 0.6) is 0 Å². The molecule has 5 heteroatoms. The molecule has 1 aliphatic carbocycles. The molecule has 2 aromatic heterocycles. The molecule has 0 N–H and O–H groups in total. The van der Waals surface area contributed by atoms with Crippen molar-refractivity contribution in [3.63, 3.8) is 0 Å². The minimum atomic E-state index is -0.161. The Labute approximate surface area is 128 Å². The van der Waals surface area contributed by atoms with Gasteiger partial charge in [-0.25, -0.2) is 0 Å². The zero-order chi connectivity index (χ0) is 15.0. The maximum atomic E-state index is 12.3. The number of nitrogens with zero attached hydrogens (tertiary/aromatic N) is 2. The van der Waals surface area contributed by atoms with Gasteiger partial charge in [0.15, 0.2) is 0 Å². The molecule has 4 nitrogen and oxygen atoms in total. The third kappa shape index (κ3) is 2.95. The first-order valence-corrected chi connectivity index (χ1v) is 7.37. The summed E-state index contributed by atoms with van der Waals surface area (Å²) in [5.74, 6) is 2.91. The normalized spacial score (nSPS) is 20.3. The van der Waals surface area contributed by atoms with E-state index in [0.29, 0.717) is 29.0 Å². The molecule has 2 unspecified atom stereocenters. The molecule has 0 spiro atoms. The summed E-state index contributed by atoms with van der Waals surface area (Å²) < 4.78 is 5.82. The molecule has 0 aliphatic heterocycles. The van der Waals surface area contributed by atoms with E-state index >= 15 is 0 Å². The third-order valence-electron chi connectivity index (χ3n) is 3.90. The van der Waals surface area contributed by atoms with E-state index in [4.69, 9.17) is 16.0 Å². The summed E-state index contributed by atoms with van der Waals surface area (Å²) >= 11 is 6.03. The van der Waals surface area contributed by atoms with E-state index in [0.717, 1.165) is 11.5 Å². The number of amides is 1. The van der Waals surface area contributed by atoms with Gasteiger partial charge in [-0.05, 0) is 30.5 Å². The standard InChI is InChI=1S/C16H17ClN2O2/c1-10-7-12(10)15-4-3-11(21-15)9-19(2)16(20)13-8-18-6-5-14(13)17/h3-6,8,10,12H,7,9H2,1-2H3. The molecule has 0 radical (unpaired) electrons. The van der Waals surface area contributed by atoms with Crippen molar-refractivity contribution in [2.24, 2.45) is 5.92 Å². The average Bonchev–Trinajstić information content (AvgIpc) is 3.01. The van der Waals surface area contributed by atoms with Gasteiger partial charge in [0.25, 0.3) is 5.91 Å². The molecule has 110 valence electrons. The number of halogens is 1. The second-order valence-electron chi connectivity index (χ2n) is 5.64. The van der Waals surface area contributed by atoms with Crippen LogP contribution in [0.2, 0.25) is 5.02 Å². The first-order chi connectivity index (χ1) is 10.1. The Kier molecular flexibility index (Phi) is 3.72. The highest BCUT2D eigenvalue weighted by molar-refractivity contribution is 6.33. The molecule has 1 fully saturated rings. The van der Waals surface area contributed by atoms with Gasteiger partial charge in [-0.3, -0.25) is 9.78 Å². The highest BCUT2D eigenvalue weighted by atomic mass is 35.5. The summed E-state index contributed by atoms with van der Waals surface area (Å²) in [6.07, 6.45) is 4.24. The Morgan fingerprint density at radius 2 is 2.24 bits per heavy atom. The van der Waals surface area contributed by atoms with E-state index < -0.39 is 0 Å². The van der Waals surface area contributed by atoms with Crippen LogP contribution in [0.3, 0.4) is 0 Å². The van der Waals surface area contributed by atoms with Crippen molar-refractivity contribution in [3.05, 3.63) is 52.7 Å². The molecular weight excluding hydrogens is 288 g/mol. The average molecular weight is 305 g/mol. The Morgan fingerprint density at radius 3 is 2.90 bits per heavy atom. The lowest BCUT2D eigenvalue weighted by molar-refractivity contribution is 0.0774. The van der Waals surface area contributed by atoms with Crippen LogP contribution in [-0.2, 0) is 6.54 Å². The maximum Gasteiger partial charge on any atom is 0.257 e. The fourth-order valence-electron chi connectivity index (χ4n) is 2.44. The van der Waals surface area contributed by atoms with E-state index in [1.165, 1.54) is 12.6 Å². The smallest absolute Gasteiger partial charge is 0.257 e. The molecule has 0 aromatic carbocycles. The summed E-state index contributed by atoms with van der Waals surface area (Å²) in [7, 11) is 1.73. The van der Waals surface area contributed by atoms with Gasteiger partial charge >= 0.3 is 0 Å². The number of carbonyl (C=O) groups is 1. The minimum Gasteiger partial charge on any atom is -0.464 e. The second-order valence-corrected chi connectivity index (χ2v) is 6.05. The zero-order valence-electron chi connectivity index (χ0n) is 12.0. The number of aromatic nitrogens is 1. The maximum absolute atomic E-state index is 12.3. The van der Waals surface area contributed by atoms with Gasteiger partial charge in [0.2, 0.25) is 0 Å². The summed E-state index contributed by atoms with van der Waals surface area (Å²) in [5.41, 5.74) is 0.407. The Morgan fingerprint density at radius 1 is 1.48 bits per heavy atom. The predicted octanol–water partition coefficient (Wildman–Crippen LogP) is 3.72. The lowest BCUT2D eigenvalue weighted by Crippen LogP contribution is -2.26. The molecule has 1 saturated carbocycles. The molecule has 0 bridgehead atoms. The van der Waals surface area contributed by atoms with E-state index in [1.54, 1.807) is 24.2 Å². The van der Waals surface area contributed by atoms with E-state index in [-0.39, 0.29) is 5.91 Å². The van der Waals surface area contributed by atoms with Crippen LogP contribution in [0.25, 0.3) is 0 Å². The van der Waals surface area contributed by atoms with Gasteiger partial charge < -0.3 is 9.32 Å². The first-order valence-electron chi connectivity index (χ1n) is 7.00. The Balaban J connectivity index is 1.68. The molecule has 2 aromatic rings. The van der Waals surface area contributed by atoms with Crippen molar-refractivity contribution < 1.29 is 9.21 Å². The third-order valence-corrected chi connectivity index (χ3v) is 4.22. The second kappa shape index (κ2) is 5.53. The van der Waals surface area contributed by atoms with E-state index in [2.05, 4.69) is 11.9 Å². The van der Waals surface area contributed by atoms with Gasteiger partial charge in [-0.2, -0.15) is 0 Å². The SMILES string of the molecule is CC1CC1c1ccc(CN(C)C(=O)c2cnccc2Cl)o1. The predicted molar refractivity (Wildman–Crippen MR) is 80.3 cm³/mol. The van der Waals surface area contributed by atoms with Crippen molar-refractivity contribution in [2.45, 2.75) is 25.8 Å². The van der Waals surface area contributed by atoms with Crippen LogP contribution in [0.1, 0.15) is 41.1 Å². The van der Waals surface area contributed by atoms with Crippen LogP contribution in [-0.4, -0.2) is 22.8 Å². The van der Waals surface area contributed by atoms with Gasteiger partial charge in [0.05, 0.1) is 17.1 Å². The molecule has 1 aliphatic rings. The van der Waals surface area contributed by atoms with Gasteiger partial charge in [-0.15, -0.1) is 0 Å². The largest absolute Gasteiger partial charge is 0.464 e. The Hall–Kier alpha value is -1.81. The molecule has 2 atom stereocenters. The van der Waals surface area contributed by atoms with E-state index in [1.807, 2.05) is 12.1 Å². The monoisotopic (exact) mass is 304 g/mol. The fraction of sp³-hybridized carbons (Fsp3) is 0.375. The van der Waals surface area contributed by atoms with Gasteiger partial charge in [0, 0.05) is 25.4 Å². The molecule has 21 heavy (non-hydrogen) atoms. The summed E-state index contributed by atoms with van der Waals surface area (Å²) in [6, 6.07) is 5.57. The van der Waals surface area contributed by atoms with Crippen molar-refractivity contribution >= 4 is 17.5 Å². The fourth-order valence-corrected chi connectivity index (χ4v) is 2.63. The number of hydrogen-bond acceptors (Lipinski definition) is 3. The van der Waals surface area contributed by atoms with Gasteiger partial charge in [-0.1, -0.05) is 18.5 Å². The summed E-state index contributed by atoms with van der Waals surface area (Å²) in [6.45, 7) is 2.64.